The van der Waals surface area contributed by atoms with Crippen molar-refractivity contribution in [3.8, 4) is 23.0 Å². The van der Waals surface area contributed by atoms with E-state index in [-0.39, 0.29) is 12.2 Å². The second-order valence-electron chi connectivity index (χ2n) is 8.65. The molecule has 0 saturated carbocycles. The molecule has 3 aromatic carbocycles. The van der Waals surface area contributed by atoms with Crippen LogP contribution in [0.25, 0.3) is 0 Å². The van der Waals surface area contributed by atoms with Gasteiger partial charge >= 0.3 is 11.9 Å². The summed E-state index contributed by atoms with van der Waals surface area (Å²) in [6, 6.07) is 22.5. The average Bonchev–Trinajstić information content (AvgIpc) is 2.87. The van der Waals surface area contributed by atoms with Gasteiger partial charge in [0.1, 0.15) is 23.4 Å². The fraction of sp³-hybridized carbons (Fsp3) is 0.300. The van der Waals surface area contributed by atoms with Crippen LogP contribution in [-0.4, -0.2) is 30.9 Å². The molecule has 37 heavy (non-hydrogen) atoms. The molecule has 0 amide bonds. The van der Waals surface area contributed by atoms with Crippen molar-refractivity contribution in [2.24, 2.45) is 0 Å². The van der Waals surface area contributed by atoms with Gasteiger partial charge in [-0.15, -0.1) is 0 Å². The summed E-state index contributed by atoms with van der Waals surface area (Å²) in [7, 11) is 1.49. The van der Waals surface area contributed by atoms with Crippen molar-refractivity contribution in [1.29, 1.82) is 0 Å². The van der Waals surface area contributed by atoms with Gasteiger partial charge in [-0.1, -0.05) is 36.4 Å². The SMILES string of the molecule is COc1cc(CCC(=O)CC(CCc2ccc(Oc3ccccc3)cc2)OC(C)=O)ccc1OC(C)=O. The highest BCUT2D eigenvalue weighted by Crippen LogP contribution is 2.29. The Morgan fingerprint density at radius 1 is 0.757 bits per heavy atom. The predicted octanol–water partition coefficient (Wildman–Crippen LogP) is 5.87. The molecular formula is C30H32O7. The van der Waals surface area contributed by atoms with Gasteiger partial charge in [0, 0.05) is 26.7 Å². The fourth-order valence-electron chi connectivity index (χ4n) is 3.86. The smallest absolute Gasteiger partial charge is 0.308 e. The molecule has 0 heterocycles. The third-order valence-corrected chi connectivity index (χ3v) is 5.62. The Morgan fingerprint density at radius 3 is 2.08 bits per heavy atom. The molecule has 0 bridgehead atoms. The van der Waals surface area contributed by atoms with Gasteiger partial charge in [0.25, 0.3) is 0 Å². The van der Waals surface area contributed by atoms with Crippen molar-refractivity contribution in [3.63, 3.8) is 0 Å². The van der Waals surface area contributed by atoms with Crippen LogP contribution in [0.15, 0.2) is 72.8 Å². The lowest BCUT2D eigenvalue weighted by molar-refractivity contribution is -0.148. The standard InChI is InChI=1S/C30H32O7/c1-21(31)35-28(17-12-23-10-15-27(16-11-23)37-26-7-5-4-6-8-26)20-25(33)14-9-24-13-18-29(36-22(2)32)30(19-24)34-3/h4-8,10-11,13,15-16,18-19,28H,9,12,14,17,20H2,1-3H3. The summed E-state index contributed by atoms with van der Waals surface area (Å²) in [5.41, 5.74) is 1.94. The van der Waals surface area contributed by atoms with Crippen molar-refractivity contribution < 1.29 is 33.3 Å². The number of hydrogen-bond acceptors (Lipinski definition) is 7. The molecule has 0 N–H and O–H groups in total. The lowest BCUT2D eigenvalue weighted by Crippen LogP contribution is -2.21. The summed E-state index contributed by atoms with van der Waals surface area (Å²) in [4.78, 5) is 35.5. The van der Waals surface area contributed by atoms with E-state index in [4.69, 9.17) is 18.9 Å². The van der Waals surface area contributed by atoms with E-state index >= 15 is 0 Å². The molecule has 0 fully saturated rings. The van der Waals surface area contributed by atoms with E-state index < -0.39 is 18.0 Å². The molecule has 1 unspecified atom stereocenters. The first-order chi connectivity index (χ1) is 17.8. The number of esters is 2. The summed E-state index contributed by atoms with van der Waals surface area (Å²) in [6.45, 7) is 2.67. The van der Waals surface area contributed by atoms with Gasteiger partial charge in [-0.3, -0.25) is 14.4 Å². The van der Waals surface area contributed by atoms with Gasteiger partial charge in [-0.25, -0.2) is 0 Å². The van der Waals surface area contributed by atoms with Gasteiger partial charge in [-0.05, 0) is 66.8 Å². The van der Waals surface area contributed by atoms with Crippen LogP contribution in [0.1, 0.15) is 44.2 Å². The number of carbonyl (C=O) groups is 3. The number of Topliss-reactive ketones (excluding diaryl/α,β-unsaturated/α-hetero) is 1. The van der Waals surface area contributed by atoms with E-state index in [1.165, 1.54) is 21.0 Å². The quantitative estimate of drug-likeness (QED) is 0.212. The zero-order valence-electron chi connectivity index (χ0n) is 21.4. The van der Waals surface area contributed by atoms with E-state index in [1.54, 1.807) is 18.2 Å². The molecule has 1 atom stereocenters. The minimum absolute atomic E-state index is 0.000823. The van der Waals surface area contributed by atoms with Gasteiger partial charge < -0.3 is 18.9 Å². The van der Waals surface area contributed by atoms with Gasteiger partial charge in [-0.2, -0.15) is 0 Å². The van der Waals surface area contributed by atoms with Crippen LogP contribution in [0.3, 0.4) is 0 Å². The Kier molecular flexibility index (Phi) is 10.3. The highest BCUT2D eigenvalue weighted by molar-refractivity contribution is 5.79. The summed E-state index contributed by atoms with van der Waals surface area (Å²) in [6.07, 6.45) is 1.63. The Labute approximate surface area is 217 Å². The molecule has 0 saturated heterocycles. The Balaban J connectivity index is 1.52. The molecule has 3 aromatic rings. The minimum atomic E-state index is -0.494. The fourth-order valence-corrected chi connectivity index (χ4v) is 3.86. The Hall–Kier alpha value is -4.13. The minimum Gasteiger partial charge on any atom is -0.493 e. The van der Waals surface area contributed by atoms with Crippen LogP contribution in [0.4, 0.5) is 0 Å². The van der Waals surface area contributed by atoms with Crippen molar-refractivity contribution in [1.82, 2.24) is 0 Å². The first kappa shape index (κ1) is 27.5. The molecule has 0 aromatic heterocycles. The van der Waals surface area contributed by atoms with E-state index in [0.29, 0.717) is 37.2 Å². The lowest BCUT2D eigenvalue weighted by atomic mass is 9.99. The largest absolute Gasteiger partial charge is 0.493 e. The number of aryl methyl sites for hydroxylation is 2. The number of carbonyl (C=O) groups excluding carboxylic acids is 3. The van der Waals surface area contributed by atoms with Crippen LogP contribution in [0.5, 0.6) is 23.0 Å². The van der Waals surface area contributed by atoms with Crippen molar-refractivity contribution in [2.75, 3.05) is 7.11 Å². The summed E-state index contributed by atoms with van der Waals surface area (Å²) in [5.74, 6) is 1.42. The molecule has 7 heteroatoms. The van der Waals surface area contributed by atoms with Crippen molar-refractivity contribution >= 4 is 17.7 Å². The summed E-state index contributed by atoms with van der Waals surface area (Å²) in [5, 5.41) is 0. The summed E-state index contributed by atoms with van der Waals surface area (Å²) >= 11 is 0. The van der Waals surface area contributed by atoms with Gasteiger partial charge in [0.2, 0.25) is 0 Å². The van der Waals surface area contributed by atoms with Crippen molar-refractivity contribution in [2.45, 2.75) is 52.1 Å². The van der Waals surface area contributed by atoms with Crippen LogP contribution in [0, 0.1) is 0 Å². The molecule has 0 aliphatic carbocycles. The zero-order chi connectivity index (χ0) is 26.6. The van der Waals surface area contributed by atoms with E-state index in [1.807, 2.05) is 54.6 Å². The predicted molar refractivity (Wildman–Crippen MR) is 139 cm³/mol. The zero-order valence-corrected chi connectivity index (χ0v) is 21.4. The second kappa shape index (κ2) is 13.8. The Bertz CT molecular complexity index is 1190. The van der Waals surface area contributed by atoms with Crippen LogP contribution < -0.4 is 14.2 Å². The van der Waals surface area contributed by atoms with Gasteiger partial charge in [0.15, 0.2) is 11.5 Å². The number of para-hydroxylation sites is 1. The second-order valence-corrected chi connectivity index (χ2v) is 8.65. The number of methoxy groups -OCH3 is 1. The summed E-state index contributed by atoms with van der Waals surface area (Å²) < 4.78 is 21.7. The number of ether oxygens (including phenoxy) is 4. The number of benzene rings is 3. The maximum absolute atomic E-state index is 12.7. The van der Waals surface area contributed by atoms with Crippen LogP contribution in [-0.2, 0) is 32.0 Å². The Morgan fingerprint density at radius 2 is 1.43 bits per heavy atom. The monoisotopic (exact) mass is 504 g/mol. The molecule has 3 rings (SSSR count). The third kappa shape index (κ3) is 9.44. The first-order valence-corrected chi connectivity index (χ1v) is 12.2. The highest BCUT2D eigenvalue weighted by atomic mass is 16.6. The topological polar surface area (TPSA) is 88.1 Å². The number of ketones is 1. The maximum Gasteiger partial charge on any atom is 0.308 e. The normalized spacial score (nSPS) is 11.3. The van der Waals surface area contributed by atoms with E-state index in [0.717, 1.165) is 22.6 Å². The molecule has 7 nitrogen and oxygen atoms in total. The highest BCUT2D eigenvalue weighted by Gasteiger charge is 2.18. The molecule has 0 spiro atoms. The lowest BCUT2D eigenvalue weighted by Gasteiger charge is -2.17. The molecule has 0 aliphatic rings. The third-order valence-electron chi connectivity index (χ3n) is 5.62. The van der Waals surface area contributed by atoms with E-state index in [2.05, 4.69) is 0 Å². The number of hydrogen-bond donors (Lipinski definition) is 0. The van der Waals surface area contributed by atoms with Gasteiger partial charge in [0.05, 0.1) is 7.11 Å². The molecular weight excluding hydrogens is 472 g/mol. The number of rotatable bonds is 13. The average molecular weight is 505 g/mol. The first-order valence-electron chi connectivity index (χ1n) is 12.2. The maximum atomic E-state index is 12.7. The van der Waals surface area contributed by atoms with E-state index in [9.17, 15) is 14.4 Å². The molecule has 0 radical (unpaired) electrons. The van der Waals surface area contributed by atoms with Crippen LogP contribution in [0.2, 0.25) is 0 Å². The van der Waals surface area contributed by atoms with Crippen LogP contribution >= 0.6 is 0 Å². The molecule has 194 valence electrons. The van der Waals surface area contributed by atoms with Crippen molar-refractivity contribution in [3.05, 3.63) is 83.9 Å². The molecule has 0 aliphatic heterocycles.